The molecule has 0 atom stereocenters. The number of benzene rings is 1. The fourth-order valence-electron chi connectivity index (χ4n) is 2.75. The quantitative estimate of drug-likeness (QED) is 0.812. The van der Waals surface area contributed by atoms with Crippen LogP contribution in [0.3, 0.4) is 0 Å². The molecule has 1 aliphatic carbocycles. The topological polar surface area (TPSA) is 21.1 Å². The number of anilines is 1. The first-order valence-corrected chi connectivity index (χ1v) is 7.33. The molecule has 0 bridgehead atoms. The molecule has 96 valence electrons. The lowest BCUT2D eigenvalue weighted by atomic mass is 9.85. The summed E-state index contributed by atoms with van der Waals surface area (Å²) in [7, 11) is 4.23. The van der Waals surface area contributed by atoms with Crippen molar-refractivity contribution in [1.29, 1.82) is 0 Å². The number of fused-ring (bicyclic) bond motifs is 1. The van der Waals surface area contributed by atoms with Gasteiger partial charge in [-0.2, -0.15) is 0 Å². The Balaban J connectivity index is 1.82. The van der Waals surface area contributed by atoms with Crippen LogP contribution in [-0.4, -0.2) is 28.0 Å². The zero-order valence-electron chi connectivity index (χ0n) is 10.8. The molecule has 0 spiro atoms. The fraction of sp³-hybridized carbons (Fsp3) is 0.500. The first kappa shape index (κ1) is 12.0. The second-order valence-electron chi connectivity index (χ2n) is 5.27. The van der Waals surface area contributed by atoms with E-state index in [9.17, 15) is 0 Å². The average molecular weight is 308 g/mol. The number of aryl methyl sites for hydroxylation is 1. The van der Waals surface area contributed by atoms with E-state index in [1.165, 1.54) is 18.4 Å². The Hall–Kier alpha value is -1.03. The number of para-hydroxylation sites is 2. The Morgan fingerprint density at radius 2 is 2.11 bits per heavy atom. The molecule has 0 amide bonds. The van der Waals surface area contributed by atoms with E-state index in [1.54, 1.807) is 0 Å². The van der Waals surface area contributed by atoms with Gasteiger partial charge in [0, 0.05) is 25.5 Å². The fourth-order valence-corrected chi connectivity index (χ4v) is 3.80. The number of nitrogens with zero attached hydrogens (tertiary/aromatic N) is 3. The van der Waals surface area contributed by atoms with Gasteiger partial charge in [-0.15, -0.1) is 0 Å². The molecule has 2 aromatic rings. The third-order valence-corrected chi connectivity index (χ3v) is 4.56. The molecule has 1 aromatic carbocycles. The standard InChI is InChI=1S/C14H18BrN3/c1-17(9-10-7-11(15)8-10)14-16-12-5-3-4-6-13(12)18(14)2/h3-6,10-11H,7-9H2,1-2H3. The first-order valence-electron chi connectivity index (χ1n) is 6.42. The zero-order chi connectivity index (χ0) is 12.7. The maximum atomic E-state index is 4.72. The molecule has 0 radical (unpaired) electrons. The number of alkyl halides is 1. The minimum atomic E-state index is 0.733. The molecule has 1 heterocycles. The second-order valence-corrected chi connectivity index (χ2v) is 6.57. The van der Waals surface area contributed by atoms with Crippen LogP contribution in [0.1, 0.15) is 12.8 Å². The van der Waals surface area contributed by atoms with Crippen molar-refractivity contribution >= 4 is 32.9 Å². The van der Waals surface area contributed by atoms with Crippen molar-refractivity contribution in [3.05, 3.63) is 24.3 Å². The highest BCUT2D eigenvalue weighted by molar-refractivity contribution is 9.09. The third-order valence-electron chi connectivity index (χ3n) is 3.82. The van der Waals surface area contributed by atoms with Gasteiger partial charge in [0.1, 0.15) is 0 Å². The molecular formula is C14H18BrN3. The third kappa shape index (κ3) is 2.03. The van der Waals surface area contributed by atoms with Crippen LogP contribution in [0.5, 0.6) is 0 Å². The smallest absolute Gasteiger partial charge is 0.206 e. The van der Waals surface area contributed by atoms with Gasteiger partial charge in [0.2, 0.25) is 5.95 Å². The normalized spacial score (nSPS) is 23.1. The predicted octanol–water partition coefficient (Wildman–Crippen LogP) is 3.18. The van der Waals surface area contributed by atoms with Gasteiger partial charge >= 0.3 is 0 Å². The van der Waals surface area contributed by atoms with E-state index in [0.29, 0.717) is 0 Å². The maximum absolute atomic E-state index is 4.72. The summed E-state index contributed by atoms with van der Waals surface area (Å²) in [4.78, 5) is 7.73. The SMILES string of the molecule is CN(CC1CC(Br)C1)c1nc2ccccc2n1C. The number of aromatic nitrogens is 2. The van der Waals surface area contributed by atoms with Crippen molar-refractivity contribution in [1.82, 2.24) is 9.55 Å². The Bertz CT molecular complexity index is 557. The number of imidazole rings is 1. The van der Waals surface area contributed by atoms with Crippen LogP contribution in [0.4, 0.5) is 5.95 Å². The molecule has 0 aliphatic heterocycles. The van der Waals surface area contributed by atoms with Gasteiger partial charge in [0.05, 0.1) is 11.0 Å². The lowest BCUT2D eigenvalue weighted by Gasteiger charge is -2.34. The van der Waals surface area contributed by atoms with Crippen LogP contribution in [-0.2, 0) is 7.05 Å². The summed E-state index contributed by atoms with van der Waals surface area (Å²) in [5, 5.41) is 0. The monoisotopic (exact) mass is 307 g/mol. The molecule has 4 heteroatoms. The van der Waals surface area contributed by atoms with Crippen molar-refractivity contribution in [3.8, 4) is 0 Å². The Labute approximate surface area is 116 Å². The molecule has 1 aromatic heterocycles. The minimum Gasteiger partial charge on any atom is -0.345 e. The van der Waals surface area contributed by atoms with Crippen LogP contribution in [0.25, 0.3) is 11.0 Å². The summed E-state index contributed by atoms with van der Waals surface area (Å²) in [5.74, 6) is 1.87. The summed E-state index contributed by atoms with van der Waals surface area (Å²) in [6, 6.07) is 8.30. The van der Waals surface area contributed by atoms with Gasteiger partial charge in [-0.1, -0.05) is 28.1 Å². The molecular weight excluding hydrogens is 290 g/mol. The van der Waals surface area contributed by atoms with E-state index in [2.05, 4.69) is 57.7 Å². The Kier molecular flexibility index (Phi) is 3.06. The van der Waals surface area contributed by atoms with Gasteiger partial charge in [0.25, 0.3) is 0 Å². The largest absolute Gasteiger partial charge is 0.345 e. The van der Waals surface area contributed by atoms with Gasteiger partial charge in [0.15, 0.2) is 0 Å². The second kappa shape index (κ2) is 4.57. The summed E-state index contributed by atoms with van der Waals surface area (Å²) in [5.41, 5.74) is 2.28. The van der Waals surface area contributed by atoms with Crippen molar-refractivity contribution in [2.45, 2.75) is 17.7 Å². The highest BCUT2D eigenvalue weighted by atomic mass is 79.9. The summed E-state index contributed by atoms with van der Waals surface area (Å²) in [6.45, 7) is 1.10. The lowest BCUT2D eigenvalue weighted by molar-refractivity contribution is 0.337. The van der Waals surface area contributed by atoms with Crippen molar-refractivity contribution in [2.75, 3.05) is 18.5 Å². The van der Waals surface area contributed by atoms with E-state index in [1.807, 2.05) is 6.07 Å². The van der Waals surface area contributed by atoms with Gasteiger partial charge in [-0.25, -0.2) is 4.98 Å². The Morgan fingerprint density at radius 3 is 2.78 bits per heavy atom. The predicted molar refractivity (Wildman–Crippen MR) is 79.4 cm³/mol. The summed E-state index contributed by atoms with van der Waals surface area (Å²) < 4.78 is 2.18. The highest BCUT2D eigenvalue weighted by Gasteiger charge is 2.28. The zero-order valence-corrected chi connectivity index (χ0v) is 12.4. The highest BCUT2D eigenvalue weighted by Crippen LogP contribution is 2.34. The molecule has 18 heavy (non-hydrogen) atoms. The number of hydrogen-bond donors (Lipinski definition) is 0. The molecule has 1 fully saturated rings. The summed E-state index contributed by atoms with van der Waals surface area (Å²) >= 11 is 3.65. The Morgan fingerprint density at radius 1 is 1.39 bits per heavy atom. The van der Waals surface area contributed by atoms with E-state index >= 15 is 0 Å². The molecule has 3 nitrogen and oxygen atoms in total. The van der Waals surface area contributed by atoms with Crippen LogP contribution in [0, 0.1) is 5.92 Å². The van der Waals surface area contributed by atoms with Crippen molar-refractivity contribution < 1.29 is 0 Å². The van der Waals surface area contributed by atoms with Crippen molar-refractivity contribution in [2.24, 2.45) is 13.0 Å². The van der Waals surface area contributed by atoms with Gasteiger partial charge < -0.3 is 9.47 Å². The van der Waals surface area contributed by atoms with Crippen LogP contribution < -0.4 is 4.90 Å². The molecule has 1 aliphatic rings. The minimum absolute atomic E-state index is 0.733. The number of hydrogen-bond acceptors (Lipinski definition) is 2. The van der Waals surface area contributed by atoms with E-state index in [0.717, 1.165) is 28.8 Å². The van der Waals surface area contributed by atoms with Crippen LogP contribution >= 0.6 is 15.9 Å². The van der Waals surface area contributed by atoms with Gasteiger partial charge in [-0.3, -0.25) is 0 Å². The van der Waals surface area contributed by atoms with E-state index in [-0.39, 0.29) is 0 Å². The maximum Gasteiger partial charge on any atom is 0.206 e. The van der Waals surface area contributed by atoms with Crippen LogP contribution in [0.2, 0.25) is 0 Å². The van der Waals surface area contributed by atoms with E-state index in [4.69, 9.17) is 4.98 Å². The lowest BCUT2D eigenvalue weighted by Crippen LogP contribution is -2.35. The molecule has 0 N–H and O–H groups in total. The molecule has 0 unspecified atom stereocenters. The number of halogens is 1. The van der Waals surface area contributed by atoms with E-state index < -0.39 is 0 Å². The molecule has 3 rings (SSSR count). The van der Waals surface area contributed by atoms with Gasteiger partial charge in [-0.05, 0) is 30.9 Å². The summed E-state index contributed by atoms with van der Waals surface area (Å²) in [6.07, 6.45) is 2.57. The average Bonchev–Trinajstić information content (AvgIpc) is 2.66. The molecule has 0 saturated heterocycles. The number of rotatable bonds is 3. The van der Waals surface area contributed by atoms with Crippen LogP contribution in [0.15, 0.2) is 24.3 Å². The first-order chi connectivity index (χ1) is 8.65. The molecule has 1 saturated carbocycles. The van der Waals surface area contributed by atoms with Crippen molar-refractivity contribution in [3.63, 3.8) is 0 Å².